The molecule has 0 heterocycles. The minimum atomic E-state index is -1.08. The molecule has 0 spiro atoms. The van der Waals surface area contributed by atoms with Crippen LogP contribution in [0.5, 0.6) is 0 Å². The van der Waals surface area contributed by atoms with E-state index in [9.17, 15) is 0 Å². The van der Waals surface area contributed by atoms with Gasteiger partial charge in [-0.25, -0.2) is 0 Å². The van der Waals surface area contributed by atoms with Gasteiger partial charge in [0, 0.05) is 11.4 Å². The molecule has 0 bridgehead atoms. The fourth-order valence-electron chi connectivity index (χ4n) is 1.67. The van der Waals surface area contributed by atoms with Crippen LogP contribution in [0.15, 0.2) is 60.7 Å². The van der Waals surface area contributed by atoms with E-state index < -0.39 is 8.07 Å². The maximum atomic E-state index is 5.55. The predicted molar refractivity (Wildman–Crippen MR) is 79.6 cm³/mol. The van der Waals surface area contributed by atoms with Gasteiger partial charge in [0.2, 0.25) is 0 Å². The second kappa shape index (κ2) is 5.92. The van der Waals surface area contributed by atoms with Gasteiger partial charge in [0.25, 0.3) is 0 Å². The molecule has 0 N–H and O–H groups in total. The minimum absolute atomic E-state index is 1.02. The number of nitrogens with zero attached hydrogens (tertiary/aromatic N) is 1. The molecule has 86 valence electrons. The molecule has 2 aromatic carbocycles. The Morgan fingerprint density at radius 2 is 1.11 bits per heavy atom. The maximum Gasteiger partial charge on any atom is 0.155 e. The molecule has 0 aliphatic heterocycles. The molecule has 0 fully saturated rings. The van der Waals surface area contributed by atoms with Gasteiger partial charge >= 0.3 is 0 Å². The number of anilines is 2. The third kappa shape index (κ3) is 2.54. The van der Waals surface area contributed by atoms with Crippen LogP contribution in [0.2, 0.25) is 0 Å². The van der Waals surface area contributed by atoms with Gasteiger partial charge in [-0.05, 0) is 35.6 Å². The van der Waals surface area contributed by atoms with Crippen molar-refractivity contribution in [1.82, 2.24) is 0 Å². The molecule has 2 heteroatoms. The summed E-state index contributed by atoms with van der Waals surface area (Å²) in [6, 6.07) is 19.9. The Kier molecular flexibility index (Phi) is 4.03. The smallest absolute Gasteiger partial charge is 0.155 e. The standard InChI is InChI=1S/C16H12NP/c1-3-18(4-2)17(15-11-7-5-8-12-15)16-13-9-6-10-14-16/h1-2,5-14H. The van der Waals surface area contributed by atoms with Crippen LogP contribution in [0.25, 0.3) is 0 Å². The zero-order chi connectivity index (χ0) is 12.8. The quantitative estimate of drug-likeness (QED) is 0.575. The summed E-state index contributed by atoms with van der Waals surface area (Å²) in [7, 11) is -1.08. The van der Waals surface area contributed by atoms with Crippen molar-refractivity contribution in [3.05, 3.63) is 60.7 Å². The van der Waals surface area contributed by atoms with Gasteiger partial charge in [-0.15, -0.1) is 12.8 Å². The predicted octanol–water partition coefficient (Wildman–Crippen LogP) is 4.40. The first-order valence-corrected chi connectivity index (χ1v) is 6.79. The van der Waals surface area contributed by atoms with E-state index in [2.05, 4.69) is 11.3 Å². The van der Waals surface area contributed by atoms with Crippen LogP contribution in [0.3, 0.4) is 0 Å². The van der Waals surface area contributed by atoms with E-state index >= 15 is 0 Å². The van der Waals surface area contributed by atoms with E-state index in [-0.39, 0.29) is 0 Å². The molecule has 18 heavy (non-hydrogen) atoms. The topological polar surface area (TPSA) is 3.24 Å². The van der Waals surface area contributed by atoms with Crippen LogP contribution in [0.4, 0.5) is 11.4 Å². The van der Waals surface area contributed by atoms with Crippen LogP contribution >= 0.6 is 8.07 Å². The van der Waals surface area contributed by atoms with Gasteiger partial charge in [-0.3, -0.25) is 4.67 Å². The Balaban J connectivity index is 2.50. The average Bonchev–Trinajstić information content (AvgIpc) is 2.46. The van der Waals surface area contributed by atoms with Crippen molar-refractivity contribution < 1.29 is 0 Å². The third-order valence-electron chi connectivity index (χ3n) is 2.45. The minimum Gasteiger partial charge on any atom is -0.299 e. The summed E-state index contributed by atoms with van der Waals surface area (Å²) >= 11 is 0. The molecule has 2 rings (SSSR count). The molecule has 0 saturated heterocycles. The number of hydrogen-bond acceptors (Lipinski definition) is 1. The highest BCUT2D eigenvalue weighted by atomic mass is 31.1. The summed E-state index contributed by atoms with van der Waals surface area (Å²) in [5.41, 5.74) is 7.45. The number of terminal acetylenes is 2. The van der Waals surface area contributed by atoms with E-state index in [0.29, 0.717) is 0 Å². The van der Waals surface area contributed by atoms with Crippen molar-refractivity contribution in [2.75, 3.05) is 4.67 Å². The summed E-state index contributed by atoms with van der Waals surface area (Å²) in [5.74, 6) is 0. The van der Waals surface area contributed by atoms with Gasteiger partial charge in [-0.2, -0.15) is 0 Å². The summed E-state index contributed by atoms with van der Waals surface area (Å²) < 4.78 is 2.04. The van der Waals surface area contributed by atoms with Gasteiger partial charge in [0.15, 0.2) is 8.07 Å². The zero-order valence-corrected chi connectivity index (χ0v) is 10.7. The normalized spacial score (nSPS) is 9.50. The highest BCUT2D eigenvalue weighted by Gasteiger charge is 2.16. The molecule has 0 atom stereocenters. The fraction of sp³-hybridized carbons (Fsp3) is 0. The molecular weight excluding hydrogens is 237 g/mol. The first-order chi connectivity index (χ1) is 8.86. The Morgan fingerprint density at radius 3 is 1.44 bits per heavy atom. The van der Waals surface area contributed by atoms with Gasteiger partial charge in [0.05, 0.1) is 0 Å². The Bertz CT molecular complexity index is 524. The van der Waals surface area contributed by atoms with Crippen LogP contribution < -0.4 is 4.67 Å². The Hall–Kier alpha value is -2.21. The first kappa shape index (κ1) is 12.3. The van der Waals surface area contributed by atoms with Gasteiger partial charge < -0.3 is 0 Å². The van der Waals surface area contributed by atoms with Crippen LogP contribution in [0.1, 0.15) is 0 Å². The number of hydrogen-bond donors (Lipinski definition) is 0. The lowest BCUT2D eigenvalue weighted by Gasteiger charge is -2.26. The molecule has 0 aromatic heterocycles. The fourth-order valence-corrected chi connectivity index (χ4v) is 2.71. The Morgan fingerprint density at radius 1 is 0.722 bits per heavy atom. The van der Waals surface area contributed by atoms with Crippen molar-refractivity contribution in [2.45, 2.75) is 0 Å². The van der Waals surface area contributed by atoms with E-state index in [1.54, 1.807) is 0 Å². The summed E-state index contributed by atoms with van der Waals surface area (Å²) in [6.45, 7) is 0. The maximum absolute atomic E-state index is 5.55. The highest BCUT2D eigenvalue weighted by Crippen LogP contribution is 2.46. The lowest BCUT2D eigenvalue weighted by Crippen LogP contribution is -2.08. The molecular formula is C16H12NP. The molecule has 2 aromatic rings. The summed E-state index contributed by atoms with van der Waals surface area (Å²) in [4.78, 5) is 0. The van der Waals surface area contributed by atoms with Crippen molar-refractivity contribution in [2.24, 2.45) is 0 Å². The van der Waals surface area contributed by atoms with Gasteiger partial charge in [-0.1, -0.05) is 36.4 Å². The van der Waals surface area contributed by atoms with Crippen molar-refractivity contribution in [3.63, 3.8) is 0 Å². The van der Waals surface area contributed by atoms with Crippen LogP contribution in [0, 0.1) is 24.2 Å². The van der Waals surface area contributed by atoms with Crippen LogP contribution in [-0.2, 0) is 0 Å². The van der Waals surface area contributed by atoms with E-state index in [4.69, 9.17) is 12.8 Å². The molecule has 1 nitrogen and oxygen atoms in total. The molecule has 0 unspecified atom stereocenters. The molecule has 0 amide bonds. The summed E-state index contributed by atoms with van der Waals surface area (Å²) in [5, 5.41) is 0. The molecule has 0 aliphatic rings. The number of rotatable bonds is 3. The summed E-state index contributed by atoms with van der Waals surface area (Å²) in [6.07, 6.45) is 11.1. The van der Waals surface area contributed by atoms with Crippen molar-refractivity contribution >= 4 is 19.4 Å². The molecule has 0 aliphatic carbocycles. The van der Waals surface area contributed by atoms with E-state index in [0.717, 1.165) is 11.4 Å². The highest BCUT2D eigenvalue weighted by molar-refractivity contribution is 7.69. The first-order valence-electron chi connectivity index (χ1n) is 5.49. The number of benzene rings is 2. The molecule has 0 radical (unpaired) electrons. The second-order valence-corrected chi connectivity index (χ2v) is 5.09. The Labute approximate surface area is 109 Å². The van der Waals surface area contributed by atoms with Crippen molar-refractivity contribution in [3.8, 4) is 24.2 Å². The SMILES string of the molecule is C#CP(C#C)N(c1ccccc1)c1ccccc1. The lowest BCUT2D eigenvalue weighted by atomic mass is 10.3. The lowest BCUT2D eigenvalue weighted by molar-refractivity contribution is 1.42. The van der Waals surface area contributed by atoms with Crippen LogP contribution in [-0.4, -0.2) is 0 Å². The largest absolute Gasteiger partial charge is 0.299 e. The third-order valence-corrected chi connectivity index (χ3v) is 3.80. The monoisotopic (exact) mass is 249 g/mol. The van der Waals surface area contributed by atoms with Gasteiger partial charge in [0.1, 0.15) is 0 Å². The van der Waals surface area contributed by atoms with E-state index in [1.165, 1.54) is 0 Å². The van der Waals surface area contributed by atoms with E-state index in [1.807, 2.05) is 65.3 Å². The number of para-hydroxylation sites is 2. The average molecular weight is 249 g/mol. The zero-order valence-electron chi connectivity index (χ0n) is 9.82. The van der Waals surface area contributed by atoms with Crippen molar-refractivity contribution in [1.29, 1.82) is 0 Å². The molecule has 0 saturated carbocycles. The second-order valence-electron chi connectivity index (χ2n) is 3.55.